The fourth-order valence-corrected chi connectivity index (χ4v) is 4.00. The normalized spacial score (nSPS) is 14.8. The number of aromatic amines is 1. The van der Waals surface area contributed by atoms with Crippen molar-refractivity contribution >= 4 is 10.9 Å². The summed E-state index contributed by atoms with van der Waals surface area (Å²) in [6.45, 7) is 4.53. The van der Waals surface area contributed by atoms with Crippen LogP contribution in [-0.4, -0.2) is 57.5 Å². The summed E-state index contributed by atoms with van der Waals surface area (Å²) in [6.07, 6.45) is 2.43. The lowest BCUT2D eigenvalue weighted by Gasteiger charge is -2.26. The molecule has 0 aliphatic carbocycles. The first-order valence-electron chi connectivity index (χ1n) is 10.7. The van der Waals surface area contributed by atoms with E-state index in [9.17, 15) is 4.79 Å². The van der Waals surface area contributed by atoms with Gasteiger partial charge in [-0.2, -0.15) is 0 Å². The van der Waals surface area contributed by atoms with Crippen molar-refractivity contribution in [3.8, 4) is 11.4 Å². The van der Waals surface area contributed by atoms with Gasteiger partial charge in [0.25, 0.3) is 5.56 Å². The lowest BCUT2D eigenvalue weighted by molar-refractivity contribution is 0.0358. The molecule has 7 heteroatoms. The summed E-state index contributed by atoms with van der Waals surface area (Å²) < 4.78 is 7.00. The van der Waals surface area contributed by atoms with Crippen molar-refractivity contribution < 1.29 is 4.74 Å². The molecule has 1 saturated heterocycles. The van der Waals surface area contributed by atoms with Gasteiger partial charge in [-0.3, -0.25) is 9.69 Å². The maximum Gasteiger partial charge on any atom is 0.288 e. The Labute approximate surface area is 180 Å². The third-order valence-electron chi connectivity index (χ3n) is 5.73. The average molecular weight is 415 g/mol. The van der Waals surface area contributed by atoms with Crippen LogP contribution in [0, 0.1) is 0 Å². The van der Waals surface area contributed by atoms with Crippen LogP contribution in [0.3, 0.4) is 0 Å². The van der Waals surface area contributed by atoms with Crippen molar-refractivity contribution in [2.45, 2.75) is 13.0 Å². The van der Waals surface area contributed by atoms with Crippen molar-refractivity contribution in [3.05, 3.63) is 82.4 Å². The molecule has 0 bridgehead atoms. The maximum absolute atomic E-state index is 13.3. The molecule has 2 aromatic heterocycles. The van der Waals surface area contributed by atoms with E-state index < -0.39 is 0 Å². The van der Waals surface area contributed by atoms with Gasteiger partial charge in [0.1, 0.15) is 5.69 Å². The van der Waals surface area contributed by atoms with E-state index in [2.05, 4.69) is 26.0 Å². The van der Waals surface area contributed by atoms with Gasteiger partial charge in [-0.1, -0.05) is 48.5 Å². The van der Waals surface area contributed by atoms with Crippen LogP contribution in [0.4, 0.5) is 0 Å². The molecule has 0 atom stereocenters. The first-order chi connectivity index (χ1) is 15.3. The molecule has 2 aromatic carbocycles. The summed E-state index contributed by atoms with van der Waals surface area (Å²) in [5, 5.41) is 5.72. The predicted molar refractivity (Wildman–Crippen MR) is 120 cm³/mol. The third-order valence-corrected chi connectivity index (χ3v) is 5.73. The molecule has 0 unspecified atom stereocenters. The van der Waals surface area contributed by atoms with Crippen LogP contribution in [0.5, 0.6) is 0 Å². The first kappa shape index (κ1) is 19.7. The lowest BCUT2D eigenvalue weighted by atomic mass is 10.1. The monoisotopic (exact) mass is 415 g/mol. The number of ether oxygens (including phenoxy) is 1. The van der Waals surface area contributed by atoms with Crippen molar-refractivity contribution in [1.29, 1.82) is 0 Å². The van der Waals surface area contributed by atoms with Gasteiger partial charge in [0.05, 0.1) is 19.8 Å². The number of rotatable bonds is 6. The van der Waals surface area contributed by atoms with E-state index >= 15 is 0 Å². The van der Waals surface area contributed by atoms with E-state index in [1.54, 1.807) is 4.68 Å². The molecule has 0 amide bonds. The summed E-state index contributed by atoms with van der Waals surface area (Å²) in [6, 6.07) is 17.9. The molecule has 31 heavy (non-hydrogen) atoms. The lowest BCUT2D eigenvalue weighted by Crippen LogP contribution is -2.40. The zero-order valence-corrected chi connectivity index (χ0v) is 17.3. The second-order valence-corrected chi connectivity index (χ2v) is 7.77. The van der Waals surface area contributed by atoms with Gasteiger partial charge >= 0.3 is 0 Å². The van der Waals surface area contributed by atoms with Crippen molar-refractivity contribution in [2.24, 2.45) is 0 Å². The SMILES string of the molecule is O=c1c(Cc2c[nH]c3ccccc23)nc(-c2ccccc2)nn1CCN1CCOCC1. The van der Waals surface area contributed by atoms with E-state index in [4.69, 9.17) is 4.74 Å². The average Bonchev–Trinajstić information content (AvgIpc) is 3.23. The van der Waals surface area contributed by atoms with E-state index in [1.165, 1.54) is 0 Å². The number of nitrogens with zero attached hydrogens (tertiary/aromatic N) is 4. The Hall–Kier alpha value is -3.29. The Morgan fingerprint density at radius 1 is 0.968 bits per heavy atom. The number of benzene rings is 2. The van der Waals surface area contributed by atoms with Gasteiger partial charge in [-0.25, -0.2) is 9.67 Å². The number of hydrogen-bond acceptors (Lipinski definition) is 5. The number of aromatic nitrogens is 4. The van der Waals surface area contributed by atoms with Crippen LogP contribution < -0.4 is 5.56 Å². The van der Waals surface area contributed by atoms with E-state index in [1.807, 2.05) is 54.7 Å². The molecule has 1 N–H and O–H groups in total. The summed E-state index contributed by atoms with van der Waals surface area (Å²) in [5.41, 5.74) is 3.41. The molecule has 1 aliphatic rings. The summed E-state index contributed by atoms with van der Waals surface area (Å²) in [5.74, 6) is 0.581. The molecule has 1 fully saturated rings. The Bertz CT molecular complexity index is 1230. The van der Waals surface area contributed by atoms with Gasteiger partial charge in [0, 0.05) is 48.7 Å². The Morgan fingerprint density at radius 3 is 2.58 bits per heavy atom. The molecular weight excluding hydrogens is 390 g/mol. The van der Waals surface area contributed by atoms with Gasteiger partial charge in [0.2, 0.25) is 0 Å². The van der Waals surface area contributed by atoms with Crippen molar-refractivity contribution in [1.82, 2.24) is 24.6 Å². The van der Waals surface area contributed by atoms with Gasteiger partial charge < -0.3 is 9.72 Å². The summed E-state index contributed by atoms with van der Waals surface area (Å²) >= 11 is 0. The van der Waals surface area contributed by atoms with E-state index in [0.29, 0.717) is 24.5 Å². The fraction of sp³-hybridized carbons (Fsp3) is 0.292. The number of H-pyrrole nitrogens is 1. The molecule has 0 saturated carbocycles. The fourth-order valence-electron chi connectivity index (χ4n) is 4.00. The topological polar surface area (TPSA) is 76.0 Å². The highest BCUT2D eigenvalue weighted by atomic mass is 16.5. The molecule has 0 spiro atoms. The molecule has 4 aromatic rings. The minimum atomic E-state index is -0.127. The van der Waals surface area contributed by atoms with Gasteiger partial charge in [-0.15, -0.1) is 5.10 Å². The van der Waals surface area contributed by atoms with E-state index in [-0.39, 0.29) is 5.56 Å². The molecule has 158 valence electrons. The minimum Gasteiger partial charge on any atom is -0.379 e. The Morgan fingerprint density at radius 2 is 1.74 bits per heavy atom. The maximum atomic E-state index is 13.3. The number of morpholine rings is 1. The largest absolute Gasteiger partial charge is 0.379 e. The highest BCUT2D eigenvalue weighted by Crippen LogP contribution is 2.20. The number of para-hydroxylation sites is 1. The molecule has 5 rings (SSSR count). The van der Waals surface area contributed by atoms with Crippen molar-refractivity contribution in [3.63, 3.8) is 0 Å². The van der Waals surface area contributed by atoms with Crippen LogP contribution in [0.25, 0.3) is 22.3 Å². The summed E-state index contributed by atoms with van der Waals surface area (Å²) in [4.78, 5) is 23.6. The molecule has 1 aliphatic heterocycles. The predicted octanol–water partition coefficient (Wildman–Crippen LogP) is 2.71. The van der Waals surface area contributed by atoms with Crippen LogP contribution in [0.2, 0.25) is 0 Å². The van der Waals surface area contributed by atoms with Gasteiger partial charge in [0.15, 0.2) is 5.82 Å². The molecule has 3 heterocycles. The zero-order chi connectivity index (χ0) is 21.0. The van der Waals surface area contributed by atoms with Crippen molar-refractivity contribution in [2.75, 3.05) is 32.8 Å². The Balaban J connectivity index is 1.50. The molecule has 0 radical (unpaired) electrons. The Kier molecular flexibility index (Phi) is 5.60. The van der Waals surface area contributed by atoms with Gasteiger partial charge in [-0.05, 0) is 11.6 Å². The highest BCUT2D eigenvalue weighted by Gasteiger charge is 2.16. The zero-order valence-electron chi connectivity index (χ0n) is 17.3. The number of fused-ring (bicyclic) bond motifs is 1. The minimum absolute atomic E-state index is 0.127. The quantitative estimate of drug-likeness (QED) is 0.524. The van der Waals surface area contributed by atoms with Crippen LogP contribution in [-0.2, 0) is 17.7 Å². The summed E-state index contributed by atoms with van der Waals surface area (Å²) in [7, 11) is 0. The van der Waals surface area contributed by atoms with Crippen LogP contribution in [0.15, 0.2) is 65.6 Å². The second kappa shape index (κ2) is 8.83. The third kappa shape index (κ3) is 4.28. The standard InChI is InChI=1S/C24H25N5O2/c30-24-22(16-19-17-25-21-9-5-4-8-20(19)21)26-23(18-6-2-1-3-7-18)27-29(24)11-10-28-12-14-31-15-13-28/h1-9,17,25H,10-16H2. The smallest absolute Gasteiger partial charge is 0.288 e. The van der Waals surface area contributed by atoms with Crippen LogP contribution >= 0.6 is 0 Å². The number of hydrogen-bond donors (Lipinski definition) is 1. The first-order valence-corrected chi connectivity index (χ1v) is 10.7. The highest BCUT2D eigenvalue weighted by molar-refractivity contribution is 5.83. The van der Waals surface area contributed by atoms with Crippen LogP contribution in [0.1, 0.15) is 11.3 Å². The molecular formula is C24H25N5O2. The molecule has 7 nitrogen and oxygen atoms in total. The van der Waals surface area contributed by atoms with E-state index in [0.717, 1.165) is 54.9 Å². The number of nitrogens with one attached hydrogen (secondary N) is 1. The second-order valence-electron chi connectivity index (χ2n) is 7.77.